The van der Waals surface area contributed by atoms with Crippen LogP contribution in [-0.2, 0) is 14.3 Å². The Bertz CT molecular complexity index is 975. The van der Waals surface area contributed by atoms with Gasteiger partial charge < -0.3 is 24.3 Å². The standard InChI is InChI=1S/C23H28N2O6/c1-12-15-10-25-6-5-23(20(25)8-13(15)16(11-31-12)22(27)30-4)21(26)14-7-18(28-2)19(29-3)9-17(14)24-23/h7,9,11-13,15,20,24H,5-6,8,10H2,1-4H3/t12-,13-,15-,20-,23-/m1/s1. The van der Waals surface area contributed by atoms with Crippen LogP contribution < -0.4 is 14.8 Å². The Morgan fingerprint density at radius 2 is 1.97 bits per heavy atom. The SMILES string of the molecule is COC(=O)C1=CO[C@H](C)[C@H]2CN3CC[C@@]4(Nc5cc(OC)c(OC)cc5C4=O)[C@H]3C[C@@H]12. The molecule has 0 radical (unpaired) electrons. The van der Waals surface area contributed by atoms with Crippen LogP contribution in [0, 0.1) is 11.8 Å². The van der Waals surface area contributed by atoms with Crippen molar-refractivity contribution in [1.29, 1.82) is 0 Å². The molecule has 1 aromatic rings. The summed E-state index contributed by atoms with van der Waals surface area (Å²) in [5, 5.41) is 3.56. The molecule has 31 heavy (non-hydrogen) atoms. The predicted molar refractivity (Wildman–Crippen MR) is 112 cm³/mol. The fraction of sp³-hybridized carbons (Fsp3) is 0.565. The third-order valence-corrected chi connectivity index (χ3v) is 7.61. The van der Waals surface area contributed by atoms with Crippen molar-refractivity contribution in [1.82, 2.24) is 4.90 Å². The van der Waals surface area contributed by atoms with Crippen LogP contribution in [0.25, 0.3) is 0 Å². The highest BCUT2D eigenvalue weighted by Crippen LogP contribution is 2.51. The molecular formula is C23H28N2O6. The first-order valence-corrected chi connectivity index (χ1v) is 10.7. The minimum Gasteiger partial charge on any atom is -0.497 e. The van der Waals surface area contributed by atoms with Gasteiger partial charge in [0, 0.05) is 48.3 Å². The number of fused-ring (bicyclic) bond motifs is 4. The Morgan fingerprint density at radius 1 is 1.23 bits per heavy atom. The molecule has 0 amide bonds. The van der Waals surface area contributed by atoms with Crippen molar-refractivity contribution < 1.29 is 28.5 Å². The lowest BCUT2D eigenvalue weighted by atomic mass is 9.70. The van der Waals surface area contributed by atoms with Gasteiger partial charge in [-0.2, -0.15) is 0 Å². The van der Waals surface area contributed by atoms with Gasteiger partial charge in [-0.25, -0.2) is 4.79 Å². The second-order valence-corrected chi connectivity index (χ2v) is 8.85. The van der Waals surface area contributed by atoms with Crippen LogP contribution in [-0.4, -0.2) is 68.8 Å². The number of nitrogens with one attached hydrogen (secondary N) is 1. The molecule has 5 atom stereocenters. The zero-order valence-corrected chi connectivity index (χ0v) is 18.3. The Hall–Kier alpha value is -2.74. The minimum atomic E-state index is -0.715. The number of hydrogen-bond donors (Lipinski definition) is 1. The number of piperidine rings is 1. The summed E-state index contributed by atoms with van der Waals surface area (Å²) in [6.45, 7) is 3.64. The topological polar surface area (TPSA) is 86.3 Å². The third-order valence-electron chi connectivity index (χ3n) is 7.61. The number of rotatable bonds is 3. The number of ether oxygens (including phenoxy) is 4. The number of esters is 1. The number of Topliss-reactive ketones (excluding diaryl/α,β-unsaturated/α-hetero) is 1. The summed E-state index contributed by atoms with van der Waals surface area (Å²) < 4.78 is 21.6. The maximum Gasteiger partial charge on any atom is 0.337 e. The first-order chi connectivity index (χ1) is 14.9. The first-order valence-electron chi connectivity index (χ1n) is 10.7. The van der Waals surface area contributed by atoms with Crippen molar-refractivity contribution in [2.75, 3.05) is 39.7 Å². The van der Waals surface area contributed by atoms with Crippen LogP contribution in [0.5, 0.6) is 11.5 Å². The van der Waals surface area contributed by atoms with E-state index in [0.717, 1.165) is 18.8 Å². The van der Waals surface area contributed by atoms with E-state index in [1.807, 2.05) is 13.0 Å². The number of ketones is 1. The summed E-state index contributed by atoms with van der Waals surface area (Å²) in [5.74, 6) is 1.04. The number of carbonyl (C=O) groups is 2. The lowest BCUT2D eigenvalue weighted by molar-refractivity contribution is -0.139. The highest BCUT2D eigenvalue weighted by atomic mass is 16.5. The Kier molecular flexibility index (Phi) is 4.66. The normalized spacial score (nSPS) is 33.5. The molecule has 0 bridgehead atoms. The summed E-state index contributed by atoms with van der Waals surface area (Å²) >= 11 is 0. The smallest absolute Gasteiger partial charge is 0.337 e. The highest BCUT2D eigenvalue weighted by molar-refractivity contribution is 6.14. The van der Waals surface area contributed by atoms with E-state index in [1.165, 1.54) is 7.11 Å². The molecule has 166 valence electrons. The molecule has 2 saturated heterocycles. The summed E-state index contributed by atoms with van der Waals surface area (Å²) in [6, 6.07) is 3.58. The van der Waals surface area contributed by atoms with Gasteiger partial charge >= 0.3 is 5.97 Å². The number of nitrogens with zero attached hydrogens (tertiary/aromatic N) is 1. The molecule has 0 aromatic heterocycles. The van der Waals surface area contributed by atoms with E-state index in [-0.39, 0.29) is 35.7 Å². The van der Waals surface area contributed by atoms with Gasteiger partial charge in [0.2, 0.25) is 0 Å². The molecule has 1 spiro atoms. The van der Waals surface area contributed by atoms with Crippen molar-refractivity contribution in [2.45, 2.75) is 37.5 Å². The molecule has 2 fully saturated rings. The fourth-order valence-corrected chi connectivity index (χ4v) is 5.97. The van der Waals surface area contributed by atoms with Gasteiger partial charge in [0.15, 0.2) is 17.3 Å². The molecule has 4 heterocycles. The van der Waals surface area contributed by atoms with E-state index in [4.69, 9.17) is 18.9 Å². The van der Waals surface area contributed by atoms with Gasteiger partial charge in [0.05, 0.1) is 39.3 Å². The molecule has 4 aliphatic heterocycles. The molecule has 0 saturated carbocycles. The predicted octanol–water partition coefficient (Wildman–Crippen LogP) is 2.24. The highest BCUT2D eigenvalue weighted by Gasteiger charge is 2.60. The van der Waals surface area contributed by atoms with Crippen molar-refractivity contribution in [3.8, 4) is 11.5 Å². The van der Waals surface area contributed by atoms with E-state index in [2.05, 4.69) is 10.2 Å². The van der Waals surface area contributed by atoms with Gasteiger partial charge in [-0.1, -0.05) is 0 Å². The molecular weight excluding hydrogens is 400 g/mol. The Labute approximate surface area is 181 Å². The number of carbonyl (C=O) groups excluding carboxylic acids is 2. The summed E-state index contributed by atoms with van der Waals surface area (Å²) in [4.78, 5) is 28.5. The van der Waals surface area contributed by atoms with Gasteiger partial charge in [0.25, 0.3) is 0 Å². The fourth-order valence-electron chi connectivity index (χ4n) is 5.97. The van der Waals surface area contributed by atoms with Crippen molar-refractivity contribution >= 4 is 17.4 Å². The molecule has 5 rings (SSSR count). The number of hydrogen-bond acceptors (Lipinski definition) is 8. The molecule has 0 unspecified atom stereocenters. The van der Waals surface area contributed by atoms with Crippen LogP contribution in [0.4, 0.5) is 5.69 Å². The van der Waals surface area contributed by atoms with Crippen LogP contribution in [0.15, 0.2) is 24.0 Å². The number of anilines is 1. The molecule has 4 aliphatic rings. The Morgan fingerprint density at radius 3 is 2.68 bits per heavy atom. The van der Waals surface area contributed by atoms with E-state index < -0.39 is 5.54 Å². The monoisotopic (exact) mass is 428 g/mol. The summed E-state index contributed by atoms with van der Waals surface area (Å²) in [6.07, 6.45) is 2.97. The van der Waals surface area contributed by atoms with Gasteiger partial charge in [-0.05, 0) is 25.8 Å². The molecule has 8 heteroatoms. The lowest BCUT2D eigenvalue weighted by Crippen LogP contribution is -2.59. The van der Waals surface area contributed by atoms with Crippen LogP contribution in [0.1, 0.15) is 30.1 Å². The van der Waals surface area contributed by atoms with E-state index >= 15 is 0 Å². The van der Waals surface area contributed by atoms with Gasteiger partial charge in [0.1, 0.15) is 5.54 Å². The average Bonchev–Trinajstić information content (AvgIpc) is 3.28. The van der Waals surface area contributed by atoms with Crippen LogP contribution in [0.3, 0.4) is 0 Å². The van der Waals surface area contributed by atoms with E-state index in [9.17, 15) is 9.59 Å². The van der Waals surface area contributed by atoms with Crippen LogP contribution in [0.2, 0.25) is 0 Å². The third kappa shape index (κ3) is 2.77. The average molecular weight is 428 g/mol. The maximum absolute atomic E-state index is 13.7. The second kappa shape index (κ2) is 7.15. The van der Waals surface area contributed by atoms with Crippen molar-refractivity contribution in [3.63, 3.8) is 0 Å². The lowest BCUT2D eigenvalue weighted by Gasteiger charge is -2.48. The second-order valence-electron chi connectivity index (χ2n) is 8.85. The molecule has 1 N–H and O–H groups in total. The number of methoxy groups -OCH3 is 3. The zero-order chi connectivity index (χ0) is 21.9. The minimum absolute atomic E-state index is 0.00481. The quantitative estimate of drug-likeness (QED) is 0.734. The molecule has 0 aliphatic carbocycles. The Balaban J connectivity index is 1.50. The summed E-state index contributed by atoms with van der Waals surface area (Å²) in [7, 11) is 4.54. The zero-order valence-electron chi connectivity index (χ0n) is 18.3. The van der Waals surface area contributed by atoms with Gasteiger partial charge in [-0.3, -0.25) is 9.69 Å². The first kappa shape index (κ1) is 20.2. The molecule has 8 nitrogen and oxygen atoms in total. The maximum atomic E-state index is 13.7. The molecule has 1 aromatic carbocycles. The summed E-state index contributed by atoms with van der Waals surface area (Å²) in [5.41, 5.74) is 1.26. The van der Waals surface area contributed by atoms with Crippen molar-refractivity contribution in [3.05, 3.63) is 29.5 Å². The van der Waals surface area contributed by atoms with E-state index in [1.54, 1.807) is 26.5 Å². The van der Waals surface area contributed by atoms with E-state index in [0.29, 0.717) is 35.5 Å². The number of benzene rings is 1. The van der Waals surface area contributed by atoms with Crippen molar-refractivity contribution in [2.24, 2.45) is 11.8 Å². The largest absolute Gasteiger partial charge is 0.497 e. The van der Waals surface area contributed by atoms with Gasteiger partial charge in [-0.15, -0.1) is 0 Å². The van der Waals surface area contributed by atoms with Crippen LogP contribution >= 0.6 is 0 Å².